The van der Waals surface area contributed by atoms with Gasteiger partial charge in [0, 0.05) is 18.7 Å². The van der Waals surface area contributed by atoms with Gasteiger partial charge in [-0.05, 0) is 18.6 Å². The number of para-hydroxylation sites is 1. The molecule has 0 fully saturated rings. The summed E-state index contributed by atoms with van der Waals surface area (Å²) in [5.41, 5.74) is 0.515. The first-order valence-electron chi connectivity index (χ1n) is 6.07. The largest absolute Gasteiger partial charge is 0.481 e. The number of aliphatic hydroxyl groups excluding tert-OH is 1. The van der Waals surface area contributed by atoms with Gasteiger partial charge >= 0.3 is 12.1 Å². The van der Waals surface area contributed by atoms with Crippen molar-refractivity contribution in [3.8, 4) is 0 Å². The molecule has 0 saturated carbocycles. The normalized spacial score (nSPS) is 13.0. The lowest BCUT2D eigenvalue weighted by atomic mass is 10.2. The van der Waals surface area contributed by atoms with Crippen LogP contribution in [0.4, 0.5) is 18.9 Å². The van der Waals surface area contributed by atoms with E-state index in [-0.39, 0.29) is 19.4 Å². The van der Waals surface area contributed by atoms with Gasteiger partial charge in [0.1, 0.15) is 0 Å². The van der Waals surface area contributed by atoms with Gasteiger partial charge in [0.25, 0.3) is 0 Å². The first-order chi connectivity index (χ1) is 9.30. The van der Waals surface area contributed by atoms with Crippen LogP contribution in [-0.2, 0) is 4.79 Å². The molecule has 20 heavy (non-hydrogen) atoms. The molecular weight excluding hydrogens is 275 g/mol. The predicted octanol–water partition coefficient (Wildman–Crippen LogP) is 2.28. The van der Waals surface area contributed by atoms with Crippen LogP contribution in [-0.4, -0.2) is 41.6 Å². The Hall–Kier alpha value is -1.76. The van der Waals surface area contributed by atoms with Crippen molar-refractivity contribution < 1.29 is 28.2 Å². The van der Waals surface area contributed by atoms with E-state index in [2.05, 4.69) is 0 Å². The van der Waals surface area contributed by atoms with Crippen LogP contribution >= 0.6 is 0 Å². The molecule has 0 spiro atoms. The fourth-order valence-corrected chi connectivity index (χ4v) is 1.70. The maximum absolute atomic E-state index is 12.4. The molecule has 1 atom stereocenters. The van der Waals surface area contributed by atoms with Crippen molar-refractivity contribution in [3.63, 3.8) is 0 Å². The van der Waals surface area contributed by atoms with E-state index in [1.54, 1.807) is 30.3 Å². The summed E-state index contributed by atoms with van der Waals surface area (Å²) in [4.78, 5) is 11.8. The van der Waals surface area contributed by atoms with Crippen LogP contribution in [0.5, 0.6) is 0 Å². The van der Waals surface area contributed by atoms with Crippen LogP contribution in [0.15, 0.2) is 30.3 Å². The van der Waals surface area contributed by atoms with Gasteiger partial charge in [0.05, 0.1) is 6.54 Å². The molecule has 1 aromatic rings. The summed E-state index contributed by atoms with van der Waals surface area (Å²) in [5.74, 6) is -1.01. The lowest BCUT2D eigenvalue weighted by Gasteiger charge is -2.28. The molecule has 0 heterocycles. The Labute approximate surface area is 114 Å². The average Bonchev–Trinajstić information content (AvgIpc) is 2.37. The number of aliphatic carboxylic acids is 1. The zero-order chi connectivity index (χ0) is 15.2. The number of anilines is 1. The van der Waals surface area contributed by atoms with Crippen LogP contribution in [0.3, 0.4) is 0 Å². The molecule has 0 aromatic heterocycles. The minimum Gasteiger partial charge on any atom is -0.481 e. The molecule has 0 amide bonds. The summed E-state index contributed by atoms with van der Waals surface area (Å²) >= 11 is 0. The van der Waals surface area contributed by atoms with Crippen molar-refractivity contribution in [2.75, 3.05) is 18.0 Å². The van der Waals surface area contributed by atoms with Crippen LogP contribution in [0.2, 0.25) is 0 Å². The monoisotopic (exact) mass is 291 g/mol. The average molecular weight is 291 g/mol. The number of carboxylic acids is 1. The fourth-order valence-electron chi connectivity index (χ4n) is 1.70. The van der Waals surface area contributed by atoms with E-state index in [9.17, 15) is 18.0 Å². The van der Waals surface area contributed by atoms with Crippen molar-refractivity contribution in [2.24, 2.45) is 0 Å². The number of benzene rings is 1. The van der Waals surface area contributed by atoms with Crippen molar-refractivity contribution in [2.45, 2.75) is 25.1 Å². The van der Waals surface area contributed by atoms with Gasteiger partial charge in [-0.1, -0.05) is 18.2 Å². The van der Waals surface area contributed by atoms with Gasteiger partial charge in [0.2, 0.25) is 0 Å². The van der Waals surface area contributed by atoms with E-state index < -0.39 is 24.8 Å². The Bertz CT molecular complexity index is 423. The minimum atomic E-state index is -4.69. The molecule has 1 rings (SSSR count). The first kappa shape index (κ1) is 16.3. The fraction of sp³-hybridized carbons (Fsp3) is 0.462. The lowest BCUT2D eigenvalue weighted by Crippen LogP contribution is -2.41. The molecule has 7 heteroatoms. The van der Waals surface area contributed by atoms with Gasteiger partial charge < -0.3 is 15.1 Å². The molecule has 0 aliphatic heterocycles. The molecule has 2 N–H and O–H groups in total. The lowest BCUT2D eigenvalue weighted by molar-refractivity contribution is -0.200. The van der Waals surface area contributed by atoms with E-state index in [0.717, 1.165) is 0 Å². The summed E-state index contributed by atoms with van der Waals surface area (Å²) in [6.45, 7) is -0.489. The summed E-state index contributed by atoms with van der Waals surface area (Å²) in [6.07, 6.45) is -7.09. The zero-order valence-electron chi connectivity index (χ0n) is 10.7. The van der Waals surface area contributed by atoms with Gasteiger partial charge in [-0.25, -0.2) is 0 Å². The second-order valence-electron chi connectivity index (χ2n) is 4.34. The van der Waals surface area contributed by atoms with Crippen molar-refractivity contribution in [3.05, 3.63) is 30.3 Å². The van der Waals surface area contributed by atoms with Gasteiger partial charge in [-0.2, -0.15) is 13.2 Å². The Kier molecular flexibility index (Phi) is 5.82. The summed E-state index contributed by atoms with van der Waals surface area (Å²) in [6, 6.07) is 8.28. The van der Waals surface area contributed by atoms with E-state index in [0.29, 0.717) is 5.69 Å². The molecule has 1 aromatic carbocycles. The molecular formula is C13H16F3NO3. The number of aliphatic hydroxyl groups is 1. The smallest absolute Gasteiger partial charge is 0.416 e. The number of carbonyl (C=O) groups is 1. The Morgan fingerprint density at radius 1 is 1.25 bits per heavy atom. The van der Waals surface area contributed by atoms with E-state index in [1.165, 1.54) is 4.90 Å². The maximum Gasteiger partial charge on any atom is 0.416 e. The van der Waals surface area contributed by atoms with Crippen LogP contribution < -0.4 is 4.90 Å². The van der Waals surface area contributed by atoms with E-state index >= 15 is 0 Å². The number of hydrogen-bond donors (Lipinski definition) is 2. The number of rotatable bonds is 7. The Morgan fingerprint density at radius 3 is 2.35 bits per heavy atom. The number of alkyl halides is 3. The van der Waals surface area contributed by atoms with Gasteiger partial charge in [0.15, 0.2) is 6.10 Å². The highest BCUT2D eigenvalue weighted by Gasteiger charge is 2.39. The van der Waals surface area contributed by atoms with Crippen molar-refractivity contribution >= 4 is 11.7 Å². The Balaban J connectivity index is 2.72. The second-order valence-corrected chi connectivity index (χ2v) is 4.34. The molecule has 0 saturated heterocycles. The molecule has 4 nitrogen and oxygen atoms in total. The number of hydrogen-bond acceptors (Lipinski definition) is 3. The Morgan fingerprint density at radius 2 is 1.85 bits per heavy atom. The van der Waals surface area contributed by atoms with Crippen LogP contribution in [0, 0.1) is 0 Å². The second kappa shape index (κ2) is 7.14. The van der Waals surface area contributed by atoms with Crippen molar-refractivity contribution in [1.82, 2.24) is 0 Å². The van der Waals surface area contributed by atoms with Gasteiger partial charge in [-0.15, -0.1) is 0 Å². The molecule has 0 radical (unpaired) electrons. The SMILES string of the molecule is O=C(O)CCCN(CC(O)C(F)(F)F)c1ccccc1. The maximum atomic E-state index is 12.4. The number of carboxylic acid groups (broad SMARTS) is 1. The molecule has 112 valence electrons. The third-order valence-electron chi connectivity index (χ3n) is 2.71. The molecule has 0 aliphatic rings. The number of halogens is 3. The zero-order valence-corrected chi connectivity index (χ0v) is 10.7. The first-order valence-corrected chi connectivity index (χ1v) is 6.07. The van der Waals surface area contributed by atoms with Crippen LogP contribution in [0.1, 0.15) is 12.8 Å². The third-order valence-corrected chi connectivity index (χ3v) is 2.71. The highest BCUT2D eigenvalue weighted by Crippen LogP contribution is 2.23. The summed E-state index contributed by atoms with van der Waals surface area (Å²) in [7, 11) is 0. The topological polar surface area (TPSA) is 60.8 Å². The summed E-state index contributed by atoms with van der Waals surface area (Å²) in [5, 5.41) is 17.7. The standard InChI is InChI=1S/C13H16F3NO3/c14-13(15,16)11(18)9-17(8-4-7-12(19)20)10-5-2-1-3-6-10/h1-3,5-6,11,18H,4,7-9H2,(H,19,20). The third kappa shape index (κ3) is 5.48. The quantitative estimate of drug-likeness (QED) is 0.809. The van der Waals surface area contributed by atoms with E-state index in [1.807, 2.05) is 0 Å². The van der Waals surface area contributed by atoms with Crippen LogP contribution in [0.25, 0.3) is 0 Å². The minimum absolute atomic E-state index is 0.128. The molecule has 1 unspecified atom stereocenters. The molecule has 0 aliphatic carbocycles. The van der Waals surface area contributed by atoms with Gasteiger partial charge in [-0.3, -0.25) is 4.79 Å². The number of nitrogens with zero attached hydrogens (tertiary/aromatic N) is 1. The predicted molar refractivity (Wildman–Crippen MR) is 67.6 cm³/mol. The molecule has 0 bridgehead atoms. The van der Waals surface area contributed by atoms with Crippen molar-refractivity contribution in [1.29, 1.82) is 0 Å². The van der Waals surface area contributed by atoms with E-state index in [4.69, 9.17) is 10.2 Å². The summed E-state index contributed by atoms with van der Waals surface area (Å²) < 4.78 is 37.2. The highest BCUT2D eigenvalue weighted by atomic mass is 19.4. The highest BCUT2D eigenvalue weighted by molar-refractivity contribution is 5.66.